The molecule has 1 amide bonds. The van der Waals surface area contributed by atoms with Crippen molar-refractivity contribution in [2.45, 2.75) is 6.54 Å². The van der Waals surface area contributed by atoms with Gasteiger partial charge in [-0.3, -0.25) is 4.79 Å². The highest BCUT2D eigenvalue weighted by Gasteiger charge is 2.07. The molecule has 2 aromatic rings. The molecule has 0 saturated heterocycles. The van der Waals surface area contributed by atoms with Gasteiger partial charge < -0.3 is 14.4 Å². The molecule has 0 bridgehead atoms. The topological polar surface area (TPSA) is 38.8 Å². The van der Waals surface area contributed by atoms with Crippen LogP contribution in [-0.4, -0.2) is 32.1 Å². The zero-order valence-corrected chi connectivity index (χ0v) is 14.0. The van der Waals surface area contributed by atoms with E-state index in [1.165, 1.54) is 18.2 Å². The number of carbonyl (C=O) groups excluding carboxylic acids is 1. The Kier molecular flexibility index (Phi) is 5.95. The van der Waals surface area contributed by atoms with Crippen molar-refractivity contribution in [1.82, 2.24) is 4.90 Å². The van der Waals surface area contributed by atoms with Crippen LogP contribution in [0.15, 0.2) is 48.5 Å². The van der Waals surface area contributed by atoms with Crippen molar-refractivity contribution in [2.75, 3.05) is 21.3 Å². The second kappa shape index (κ2) is 8.15. The molecule has 0 aliphatic carbocycles. The van der Waals surface area contributed by atoms with E-state index in [9.17, 15) is 9.18 Å². The lowest BCUT2D eigenvalue weighted by Crippen LogP contribution is -2.24. The molecule has 126 valence electrons. The molecule has 0 spiro atoms. The number of benzene rings is 2. The monoisotopic (exact) mass is 329 g/mol. The van der Waals surface area contributed by atoms with E-state index in [0.717, 1.165) is 11.1 Å². The van der Waals surface area contributed by atoms with E-state index < -0.39 is 0 Å². The number of amides is 1. The summed E-state index contributed by atoms with van der Waals surface area (Å²) in [6, 6.07) is 11.4. The van der Waals surface area contributed by atoms with Crippen LogP contribution in [0.2, 0.25) is 0 Å². The number of methoxy groups -OCH3 is 2. The van der Waals surface area contributed by atoms with Crippen LogP contribution in [0.5, 0.6) is 11.5 Å². The maximum atomic E-state index is 12.9. The van der Waals surface area contributed by atoms with E-state index in [1.54, 1.807) is 62.6 Å². The van der Waals surface area contributed by atoms with Crippen molar-refractivity contribution in [1.29, 1.82) is 0 Å². The minimum atomic E-state index is -0.294. The van der Waals surface area contributed by atoms with Crippen LogP contribution in [0.25, 0.3) is 6.08 Å². The van der Waals surface area contributed by atoms with E-state index in [-0.39, 0.29) is 11.7 Å². The first-order valence-corrected chi connectivity index (χ1v) is 7.43. The molecule has 0 atom stereocenters. The summed E-state index contributed by atoms with van der Waals surface area (Å²) in [6.07, 6.45) is 3.16. The van der Waals surface area contributed by atoms with Crippen LogP contribution in [-0.2, 0) is 11.3 Å². The zero-order chi connectivity index (χ0) is 17.5. The maximum Gasteiger partial charge on any atom is 0.246 e. The Morgan fingerprint density at radius 3 is 2.46 bits per heavy atom. The van der Waals surface area contributed by atoms with E-state index in [1.807, 2.05) is 0 Å². The smallest absolute Gasteiger partial charge is 0.246 e. The maximum absolute atomic E-state index is 12.9. The average Bonchev–Trinajstić information content (AvgIpc) is 2.61. The zero-order valence-electron chi connectivity index (χ0n) is 14.0. The van der Waals surface area contributed by atoms with Crippen molar-refractivity contribution in [3.63, 3.8) is 0 Å². The highest BCUT2D eigenvalue weighted by molar-refractivity contribution is 5.92. The van der Waals surface area contributed by atoms with Crippen LogP contribution in [0.1, 0.15) is 11.1 Å². The number of nitrogens with zero attached hydrogens (tertiary/aromatic N) is 1. The van der Waals surface area contributed by atoms with Crippen LogP contribution in [0.3, 0.4) is 0 Å². The van der Waals surface area contributed by atoms with Gasteiger partial charge in [0.05, 0.1) is 14.2 Å². The fraction of sp³-hybridized carbons (Fsp3) is 0.211. The number of ether oxygens (including phenoxy) is 2. The fourth-order valence-electron chi connectivity index (χ4n) is 2.20. The Hall–Kier alpha value is -2.82. The Balaban J connectivity index is 2.07. The molecule has 0 aromatic heterocycles. The van der Waals surface area contributed by atoms with Gasteiger partial charge in [0, 0.05) is 25.2 Å². The highest BCUT2D eigenvalue weighted by atomic mass is 19.1. The van der Waals surface area contributed by atoms with Crippen molar-refractivity contribution in [2.24, 2.45) is 0 Å². The molecule has 2 aromatic carbocycles. The van der Waals surface area contributed by atoms with Crippen molar-refractivity contribution in [3.05, 3.63) is 65.5 Å². The Labute approximate surface area is 141 Å². The average molecular weight is 329 g/mol. The predicted octanol–water partition coefficient (Wildman–Crippen LogP) is 3.51. The molecule has 0 saturated carbocycles. The van der Waals surface area contributed by atoms with Gasteiger partial charge in [-0.25, -0.2) is 4.39 Å². The third kappa shape index (κ3) is 4.59. The van der Waals surface area contributed by atoms with Crippen LogP contribution in [0, 0.1) is 5.82 Å². The van der Waals surface area contributed by atoms with Gasteiger partial charge in [0.2, 0.25) is 5.91 Å². The number of rotatable bonds is 6. The quantitative estimate of drug-likeness (QED) is 0.761. The Bertz CT molecular complexity index is 726. The third-order valence-electron chi connectivity index (χ3n) is 3.55. The van der Waals surface area contributed by atoms with Crippen LogP contribution >= 0.6 is 0 Å². The van der Waals surface area contributed by atoms with Crippen molar-refractivity contribution < 1.29 is 18.7 Å². The second-order valence-electron chi connectivity index (χ2n) is 5.26. The summed E-state index contributed by atoms with van der Waals surface area (Å²) in [5.41, 5.74) is 1.61. The third-order valence-corrected chi connectivity index (χ3v) is 3.55. The molecule has 0 aliphatic heterocycles. The van der Waals surface area contributed by atoms with Crippen LogP contribution in [0.4, 0.5) is 4.39 Å². The standard InChI is InChI=1S/C19H20FNO3/c1-21(13-14-4-7-16(20)8-5-14)19(22)11-6-15-12-17(23-2)9-10-18(15)24-3/h4-12H,13H2,1-3H3. The number of hydrogen-bond donors (Lipinski definition) is 0. The molecule has 0 N–H and O–H groups in total. The summed E-state index contributed by atoms with van der Waals surface area (Å²) >= 11 is 0. The lowest BCUT2D eigenvalue weighted by atomic mass is 10.1. The molecule has 2 rings (SSSR count). The van der Waals surface area contributed by atoms with Gasteiger partial charge in [-0.05, 0) is 42.0 Å². The fourth-order valence-corrected chi connectivity index (χ4v) is 2.20. The van der Waals surface area contributed by atoms with Gasteiger partial charge in [-0.1, -0.05) is 12.1 Å². The number of likely N-dealkylation sites (N-methyl/N-ethyl adjacent to an activating group) is 1. The Morgan fingerprint density at radius 2 is 1.83 bits per heavy atom. The van der Waals surface area contributed by atoms with Crippen molar-refractivity contribution in [3.8, 4) is 11.5 Å². The summed E-state index contributed by atoms with van der Waals surface area (Å²) in [5, 5.41) is 0. The largest absolute Gasteiger partial charge is 0.497 e. The van der Waals surface area contributed by atoms with Crippen LogP contribution < -0.4 is 9.47 Å². The number of hydrogen-bond acceptors (Lipinski definition) is 3. The molecule has 0 radical (unpaired) electrons. The molecule has 0 heterocycles. The Morgan fingerprint density at radius 1 is 1.12 bits per heavy atom. The van der Waals surface area contributed by atoms with Gasteiger partial charge in [-0.15, -0.1) is 0 Å². The first-order valence-electron chi connectivity index (χ1n) is 7.43. The summed E-state index contributed by atoms with van der Waals surface area (Å²) in [5.74, 6) is 0.880. The van der Waals surface area contributed by atoms with E-state index in [0.29, 0.717) is 18.0 Å². The summed E-state index contributed by atoms with van der Waals surface area (Å²) < 4.78 is 23.4. The van der Waals surface area contributed by atoms with Gasteiger partial charge >= 0.3 is 0 Å². The molecule has 4 nitrogen and oxygen atoms in total. The molecule has 5 heteroatoms. The van der Waals surface area contributed by atoms with E-state index in [4.69, 9.17) is 9.47 Å². The molecule has 0 unspecified atom stereocenters. The number of carbonyl (C=O) groups is 1. The molecule has 0 fully saturated rings. The minimum Gasteiger partial charge on any atom is -0.497 e. The van der Waals surface area contributed by atoms with Gasteiger partial charge in [0.1, 0.15) is 17.3 Å². The normalized spacial score (nSPS) is 10.7. The first kappa shape index (κ1) is 17.5. The summed E-state index contributed by atoms with van der Waals surface area (Å²) in [7, 11) is 4.84. The van der Waals surface area contributed by atoms with Gasteiger partial charge in [0.25, 0.3) is 0 Å². The summed E-state index contributed by atoms with van der Waals surface area (Å²) in [6.45, 7) is 0.401. The van der Waals surface area contributed by atoms with E-state index >= 15 is 0 Å². The van der Waals surface area contributed by atoms with Gasteiger partial charge in [-0.2, -0.15) is 0 Å². The van der Waals surface area contributed by atoms with E-state index in [2.05, 4.69) is 0 Å². The summed E-state index contributed by atoms with van der Waals surface area (Å²) in [4.78, 5) is 13.8. The number of halogens is 1. The molecule has 24 heavy (non-hydrogen) atoms. The molecular weight excluding hydrogens is 309 g/mol. The molecular formula is C19H20FNO3. The second-order valence-corrected chi connectivity index (χ2v) is 5.26. The lowest BCUT2D eigenvalue weighted by Gasteiger charge is -2.15. The van der Waals surface area contributed by atoms with Gasteiger partial charge in [0.15, 0.2) is 0 Å². The lowest BCUT2D eigenvalue weighted by molar-refractivity contribution is -0.125. The minimum absolute atomic E-state index is 0.163. The predicted molar refractivity (Wildman–Crippen MR) is 91.5 cm³/mol. The molecule has 0 aliphatic rings. The highest BCUT2D eigenvalue weighted by Crippen LogP contribution is 2.25. The van der Waals surface area contributed by atoms with Crippen molar-refractivity contribution >= 4 is 12.0 Å². The first-order chi connectivity index (χ1) is 11.5. The SMILES string of the molecule is COc1ccc(OC)c(C=CC(=O)N(C)Cc2ccc(F)cc2)c1.